The van der Waals surface area contributed by atoms with Gasteiger partial charge in [0.25, 0.3) is 0 Å². The Hall–Kier alpha value is -1.85. The van der Waals surface area contributed by atoms with E-state index in [0.717, 1.165) is 29.6 Å². The van der Waals surface area contributed by atoms with Crippen molar-refractivity contribution in [3.8, 4) is 0 Å². The van der Waals surface area contributed by atoms with E-state index >= 15 is 0 Å². The molecule has 2 aromatic rings. The molecule has 3 aliphatic rings. The summed E-state index contributed by atoms with van der Waals surface area (Å²) in [5, 5.41) is 12.7. The van der Waals surface area contributed by atoms with Crippen molar-refractivity contribution in [3.63, 3.8) is 0 Å². The smallest absolute Gasteiger partial charge is 0.133 e. The standard InChI is InChI=1S/C20H23ClN4O/c1-25-12-23-24-19(25)8-20(10-26-11-20)15-4-5-17(21)16(7-15)18-6-14(9-22-18)13-2-3-13/h4-5,7,9,12-13,18,22H,2-3,6,8,10-11H2,1H3. The average molecular weight is 371 g/mol. The molecule has 0 bridgehead atoms. The van der Waals surface area contributed by atoms with Crippen molar-refractivity contribution in [2.24, 2.45) is 13.0 Å². The van der Waals surface area contributed by atoms with E-state index in [0.29, 0.717) is 13.2 Å². The molecule has 136 valence electrons. The minimum Gasteiger partial charge on any atom is -0.384 e. The molecule has 2 fully saturated rings. The van der Waals surface area contributed by atoms with E-state index in [-0.39, 0.29) is 11.5 Å². The predicted octanol–water partition coefficient (Wildman–Crippen LogP) is 3.31. The first-order valence-corrected chi connectivity index (χ1v) is 9.68. The lowest BCUT2D eigenvalue weighted by molar-refractivity contribution is -0.0611. The molecule has 5 nitrogen and oxygen atoms in total. The van der Waals surface area contributed by atoms with Gasteiger partial charge in [-0.2, -0.15) is 0 Å². The average Bonchev–Trinajstić information content (AvgIpc) is 3.20. The van der Waals surface area contributed by atoms with Gasteiger partial charge in [-0.15, -0.1) is 10.2 Å². The lowest BCUT2D eigenvalue weighted by atomic mass is 9.75. The number of ether oxygens (including phenoxy) is 1. The SMILES string of the molecule is Cn1cnnc1CC1(c2ccc(Cl)c(C3CC(C4CC4)=CN3)c2)COC1. The molecule has 0 spiro atoms. The zero-order valence-corrected chi connectivity index (χ0v) is 15.7. The lowest BCUT2D eigenvalue weighted by Gasteiger charge is -2.42. The molecule has 1 atom stereocenters. The second-order valence-electron chi connectivity index (χ2n) is 7.96. The highest BCUT2D eigenvalue weighted by molar-refractivity contribution is 6.31. The van der Waals surface area contributed by atoms with Gasteiger partial charge >= 0.3 is 0 Å². The second-order valence-corrected chi connectivity index (χ2v) is 8.37. The fraction of sp³-hybridized carbons (Fsp3) is 0.500. The van der Waals surface area contributed by atoms with Crippen LogP contribution in [0, 0.1) is 5.92 Å². The van der Waals surface area contributed by atoms with Crippen molar-refractivity contribution in [1.82, 2.24) is 20.1 Å². The predicted molar refractivity (Wildman–Crippen MR) is 100.0 cm³/mol. The van der Waals surface area contributed by atoms with Gasteiger partial charge < -0.3 is 14.6 Å². The zero-order valence-electron chi connectivity index (χ0n) is 14.9. The quantitative estimate of drug-likeness (QED) is 0.877. The van der Waals surface area contributed by atoms with Crippen LogP contribution in [0.1, 0.15) is 42.3 Å². The molecule has 1 saturated carbocycles. The van der Waals surface area contributed by atoms with Crippen LogP contribution in [0.5, 0.6) is 0 Å². The highest BCUT2D eigenvalue weighted by Gasteiger charge is 2.42. The number of benzene rings is 1. The maximum Gasteiger partial charge on any atom is 0.133 e. The molecule has 6 heteroatoms. The first kappa shape index (κ1) is 16.3. The largest absolute Gasteiger partial charge is 0.384 e. The number of nitrogens with zero attached hydrogens (tertiary/aromatic N) is 3. The van der Waals surface area contributed by atoms with Gasteiger partial charge in [0.05, 0.1) is 19.3 Å². The molecule has 26 heavy (non-hydrogen) atoms. The van der Waals surface area contributed by atoms with Crippen molar-refractivity contribution in [2.45, 2.75) is 37.1 Å². The lowest BCUT2D eigenvalue weighted by Crippen LogP contribution is -2.49. The molecule has 1 unspecified atom stereocenters. The van der Waals surface area contributed by atoms with E-state index in [1.54, 1.807) is 11.9 Å². The number of rotatable bonds is 5. The fourth-order valence-corrected chi connectivity index (χ4v) is 4.38. The summed E-state index contributed by atoms with van der Waals surface area (Å²) in [6.45, 7) is 1.43. The summed E-state index contributed by atoms with van der Waals surface area (Å²) >= 11 is 6.58. The van der Waals surface area contributed by atoms with Gasteiger partial charge in [-0.25, -0.2) is 0 Å². The number of halogens is 1. The van der Waals surface area contributed by atoms with Crippen LogP contribution >= 0.6 is 11.6 Å². The molecule has 5 rings (SSSR count). The Morgan fingerprint density at radius 3 is 2.85 bits per heavy atom. The van der Waals surface area contributed by atoms with Gasteiger partial charge in [0.1, 0.15) is 12.2 Å². The molecule has 1 N–H and O–H groups in total. The van der Waals surface area contributed by atoms with Crippen LogP contribution in [0.25, 0.3) is 0 Å². The summed E-state index contributed by atoms with van der Waals surface area (Å²) in [5.41, 5.74) is 4.00. The van der Waals surface area contributed by atoms with Crippen LogP contribution in [-0.2, 0) is 23.6 Å². The van der Waals surface area contributed by atoms with E-state index in [2.05, 4.69) is 33.8 Å². The topological polar surface area (TPSA) is 52.0 Å². The van der Waals surface area contributed by atoms with Crippen molar-refractivity contribution in [1.29, 1.82) is 0 Å². The van der Waals surface area contributed by atoms with Gasteiger partial charge in [-0.3, -0.25) is 0 Å². The van der Waals surface area contributed by atoms with Crippen LogP contribution in [0.15, 0.2) is 36.3 Å². The van der Waals surface area contributed by atoms with Gasteiger partial charge in [0.15, 0.2) is 0 Å². The van der Waals surface area contributed by atoms with E-state index in [9.17, 15) is 0 Å². The number of aromatic nitrogens is 3. The highest BCUT2D eigenvalue weighted by Crippen LogP contribution is 2.44. The Labute approximate surface area is 158 Å². The third kappa shape index (κ3) is 2.74. The minimum atomic E-state index is -0.0362. The van der Waals surface area contributed by atoms with Gasteiger partial charge in [-0.05, 0) is 54.1 Å². The molecule has 1 aliphatic carbocycles. The molecule has 0 amide bonds. The highest BCUT2D eigenvalue weighted by atomic mass is 35.5. The summed E-state index contributed by atoms with van der Waals surface area (Å²) in [7, 11) is 1.99. The summed E-state index contributed by atoms with van der Waals surface area (Å²) in [6, 6.07) is 6.75. The van der Waals surface area contributed by atoms with Crippen LogP contribution in [-0.4, -0.2) is 28.0 Å². The Morgan fingerprint density at radius 2 is 2.19 bits per heavy atom. The van der Waals surface area contributed by atoms with E-state index in [1.165, 1.54) is 24.0 Å². The van der Waals surface area contributed by atoms with Gasteiger partial charge in [0.2, 0.25) is 0 Å². The Kier molecular flexibility index (Phi) is 3.83. The van der Waals surface area contributed by atoms with Gasteiger partial charge in [0, 0.05) is 23.9 Å². The molecule has 1 aromatic heterocycles. The normalized spacial score (nSPS) is 24.1. The number of nitrogens with one attached hydrogen (secondary N) is 1. The maximum atomic E-state index is 6.58. The fourth-order valence-electron chi connectivity index (χ4n) is 4.13. The van der Waals surface area contributed by atoms with E-state index in [1.807, 2.05) is 17.7 Å². The molecule has 0 radical (unpaired) electrons. The third-order valence-electron chi connectivity index (χ3n) is 6.05. The Balaban J connectivity index is 1.43. The molecule has 2 aliphatic heterocycles. The molecule has 3 heterocycles. The first-order chi connectivity index (χ1) is 12.6. The van der Waals surface area contributed by atoms with E-state index in [4.69, 9.17) is 16.3 Å². The maximum absolute atomic E-state index is 6.58. The Bertz CT molecular complexity index is 866. The molecular weight excluding hydrogens is 348 g/mol. The summed E-state index contributed by atoms with van der Waals surface area (Å²) in [5.74, 6) is 1.79. The van der Waals surface area contributed by atoms with Crippen LogP contribution in [0.2, 0.25) is 5.02 Å². The summed E-state index contributed by atoms with van der Waals surface area (Å²) < 4.78 is 7.60. The van der Waals surface area contributed by atoms with Gasteiger partial charge in [-0.1, -0.05) is 23.7 Å². The van der Waals surface area contributed by atoms with Crippen molar-refractivity contribution in [3.05, 3.63) is 58.3 Å². The molecule has 1 aromatic carbocycles. The monoisotopic (exact) mass is 370 g/mol. The molecule has 1 saturated heterocycles. The Morgan fingerprint density at radius 1 is 1.35 bits per heavy atom. The minimum absolute atomic E-state index is 0.0362. The van der Waals surface area contributed by atoms with Crippen LogP contribution in [0.4, 0.5) is 0 Å². The van der Waals surface area contributed by atoms with Crippen LogP contribution in [0.3, 0.4) is 0 Å². The zero-order chi connectivity index (χ0) is 17.7. The first-order valence-electron chi connectivity index (χ1n) is 9.30. The second kappa shape index (κ2) is 6.10. The number of hydrogen-bond donors (Lipinski definition) is 1. The summed E-state index contributed by atoms with van der Waals surface area (Å²) in [6.07, 6.45) is 8.55. The molecular formula is C20H23ClN4O. The number of aryl methyl sites for hydroxylation is 1. The van der Waals surface area contributed by atoms with E-state index < -0.39 is 0 Å². The van der Waals surface area contributed by atoms with Crippen molar-refractivity contribution in [2.75, 3.05) is 13.2 Å². The van der Waals surface area contributed by atoms with Crippen molar-refractivity contribution >= 4 is 11.6 Å². The van der Waals surface area contributed by atoms with Crippen LogP contribution < -0.4 is 5.32 Å². The third-order valence-corrected chi connectivity index (χ3v) is 6.40. The van der Waals surface area contributed by atoms with Crippen molar-refractivity contribution < 1.29 is 4.74 Å². The number of hydrogen-bond acceptors (Lipinski definition) is 4. The summed E-state index contributed by atoms with van der Waals surface area (Å²) in [4.78, 5) is 0.